The van der Waals surface area contributed by atoms with E-state index in [0.29, 0.717) is 30.1 Å². The van der Waals surface area contributed by atoms with E-state index in [4.69, 9.17) is 4.74 Å². The van der Waals surface area contributed by atoms with Gasteiger partial charge in [-0.15, -0.1) is 11.8 Å². The third-order valence-corrected chi connectivity index (χ3v) is 8.69. The van der Waals surface area contributed by atoms with E-state index in [1.807, 2.05) is 43.1 Å². The number of aryl methyl sites for hydroxylation is 1. The number of aliphatic carboxylic acids is 1. The summed E-state index contributed by atoms with van der Waals surface area (Å²) in [5, 5.41) is 17.1. The number of carboxylic acid groups (broad SMARTS) is 1. The first kappa shape index (κ1) is 27.4. The van der Waals surface area contributed by atoms with Gasteiger partial charge in [-0.25, -0.2) is 4.39 Å². The molecule has 1 aromatic carbocycles. The topological polar surface area (TPSA) is 91.3 Å². The van der Waals surface area contributed by atoms with E-state index in [0.717, 1.165) is 61.2 Å². The number of thioether (sulfide) groups is 1. The number of carboxylic acids is 1. The van der Waals surface area contributed by atoms with Gasteiger partial charge >= 0.3 is 5.97 Å². The molecule has 1 aliphatic heterocycles. The Morgan fingerprint density at radius 2 is 2.19 bits per heavy atom. The quantitative estimate of drug-likeness (QED) is 0.206. The highest BCUT2D eigenvalue weighted by atomic mass is 32.2. The molecular weight excluding hydrogens is 491 g/mol. The predicted octanol–water partition coefficient (Wildman–Crippen LogP) is 6.05. The third kappa shape index (κ3) is 7.45. The average molecular weight is 529 g/mol. The van der Waals surface area contributed by atoms with Crippen molar-refractivity contribution in [2.75, 3.05) is 32.5 Å². The molecule has 200 valence electrons. The molecule has 0 bridgehead atoms. The lowest BCUT2D eigenvalue weighted by molar-refractivity contribution is -0.137. The minimum atomic E-state index is -1.10. The van der Waals surface area contributed by atoms with Crippen molar-refractivity contribution in [3.8, 4) is 5.75 Å². The molecule has 0 aliphatic carbocycles. The minimum Gasteiger partial charge on any atom is -0.497 e. The Labute approximate surface area is 222 Å². The molecule has 0 saturated carbocycles. The second kappa shape index (κ2) is 13.2. The first-order valence-corrected chi connectivity index (χ1v) is 14.1. The number of aromatic nitrogens is 3. The average Bonchev–Trinajstić information content (AvgIpc) is 3.32. The van der Waals surface area contributed by atoms with Crippen LogP contribution in [-0.2, 0) is 4.79 Å². The summed E-state index contributed by atoms with van der Waals surface area (Å²) in [7, 11) is 1.60. The number of carbonyl (C=O) groups is 1. The number of piperidine rings is 1. The van der Waals surface area contributed by atoms with Gasteiger partial charge in [0.2, 0.25) is 0 Å². The number of benzene rings is 1. The zero-order chi connectivity index (χ0) is 26.2. The van der Waals surface area contributed by atoms with E-state index >= 15 is 4.39 Å². The highest BCUT2D eigenvalue weighted by Gasteiger charge is 2.30. The number of hydrogen-bond acceptors (Lipinski definition) is 6. The van der Waals surface area contributed by atoms with Crippen LogP contribution in [0.25, 0.3) is 10.9 Å². The number of nitrogens with one attached hydrogen (secondary N) is 1. The lowest BCUT2D eigenvalue weighted by Crippen LogP contribution is -2.41. The number of pyridine rings is 1. The second-order valence-corrected chi connectivity index (χ2v) is 11.1. The number of hydrogen-bond donors (Lipinski definition) is 2. The molecule has 7 nitrogen and oxygen atoms in total. The summed E-state index contributed by atoms with van der Waals surface area (Å²) in [6, 6.07) is 7.31. The van der Waals surface area contributed by atoms with Crippen molar-refractivity contribution in [3.63, 3.8) is 0 Å². The van der Waals surface area contributed by atoms with Crippen molar-refractivity contribution in [1.29, 1.82) is 0 Å². The molecular formula is C28H37FN4O3S. The van der Waals surface area contributed by atoms with Gasteiger partial charge in [-0.2, -0.15) is 5.10 Å². The first-order valence-electron chi connectivity index (χ1n) is 13.1. The molecule has 4 rings (SSSR count). The first-order chi connectivity index (χ1) is 17.9. The summed E-state index contributed by atoms with van der Waals surface area (Å²) in [6.45, 7) is 4.90. The fourth-order valence-electron chi connectivity index (χ4n) is 5.39. The van der Waals surface area contributed by atoms with Crippen LogP contribution in [0.3, 0.4) is 0 Å². The maximum absolute atomic E-state index is 15.5. The molecule has 0 radical (unpaired) electrons. The van der Waals surface area contributed by atoms with Gasteiger partial charge in [0.05, 0.1) is 18.8 Å². The number of fused-ring (bicyclic) bond motifs is 1. The number of alkyl halides is 1. The Balaban J connectivity index is 1.32. The molecule has 3 atom stereocenters. The molecule has 1 fully saturated rings. The number of ether oxygens (including phenoxy) is 1. The molecule has 1 saturated heterocycles. The van der Waals surface area contributed by atoms with Crippen LogP contribution in [0.5, 0.6) is 5.75 Å². The van der Waals surface area contributed by atoms with Crippen LogP contribution in [0, 0.1) is 18.8 Å². The summed E-state index contributed by atoms with van der Waals surface area (Å²) < 4.78 is 20.9. The van der Waals surface area contributed by atoms with Crippen LogP contribution in [-0.4, -0.2) is 63.7 Å². The molecule has 0 spiro atoms. The summed E-state index contributed by atoms with van der Waals surface area (Å²) in [5.74, 6) is 1.56. The number of aromatic amines is 1. The van der Waals surface area contributed by atoms with Crippen LogP contribution >= 0.6 is 11.8 Å². The van der Waals surface area contributed by atoms with Crippen molar-refractivity contribution in [1.82, 2.24) is 20.1 Å². The van der Waals surface area contributed by atoms with Gasteiger partial charge in [-0.1, -0.05) is 0 Å². The van der Waals surface area contributed by atoms with E-state index in [1.54, 1.807) is 19.4 Å². The largest absolute Gasteiger partial charge is 0.497 e. The smallest absolute Gasteiger partial charge is 0.303 e. The molecule has 1 unspecified atom stereocenters. The van der Waals surface area contributed by atoms with Crippen molar-refractivity contribution >= 4 is 28.6 Å². The molecule has 9 heteroatoms. The number of H-pyrrole nitrogens is 1. The fraction of sp³-hybridized carbons (Fsp3) is 0.536. The van der Waals surface area contributed by atoms with Crippen molar-refractivity contribution in [3.05, 3.63) is 47.9 Å². The summed E-state index contributed by atoms with van der Waals surface area (Å²) in [5.41, 5.74) is 2.51. The van der Waals surface area contributed by atoms with Gasteiger partial charge < -0.3 is 14.7 Å². The van der Waals surface area contributed by atoms with Crippen LogP contribution in [0.4, 0.5) is 4.39 Å². The van der Waals surface area contributed by atoms with Gasteiger partial charge in [0.1, 0.15) is 11.9 Å². The van der Waals surface area contributed by atoms with Gasteiger partial charge in [0.15, 0.2) is 0 Å². The minimum absolute atomic E-state index is 0.165. The standard InChI is InChI=1S/C28H37FN4O3S/c1-19-27(17-31-32-19)37-15-3-13-33-14-11-20(21(18-33)5-9-28(34)35)4-7-25(29)23-10-12-30-26-8-6-22(36-2)16-24(23)26/h6,8,10,12,16-17,20-21,25H,3-5,7,9,11,13-15,18H2,1-2H3,(H,31,32)(H,34,35)/t20-,21+,25?/m1/s1. The Hall–Kier alpha value is -2.65. The maximum atomic E-state index is 15.5. The van der Waals surface area contributed by atoms with Crippen LogP contribution in [0.15, 0.2) is 41.6 Å². The van der Waals surface area contributed by atoms with Gasteiger partial charge in [-0.05, 0) is 99.5 Å². The van der Waals surface area contributed by atoms with Crippen molar-refractivity contribution in [2.45, 2.75) is 56.5 Å². The third-order valence-electron chi connectivity index (χ3n) is 7.48. The normalized spacial score (nSPS) is 19.2. The predicted molar refractivity (Wildman–Crippen MR) is 145 cm³/mol. The lowest BCUT2D eigenvalue weighted by Gasteiger charge is -2.39. The maximum Gasteiger partial charge on any atom is 0.303 e. The molecule has 2 N–H and O–H groups in total. The molecule has 37 heavy (non-hydrogen) atoms. The molecule has 2 aromatic heterocycles. The monoisotopic (exact) mass is 528 g/mol. The SMILES string of the molecule is COc1ccc2nccc(C(F)CC[C@@H]3CCN(CCCSc4cn[nH]c4C)C[C@@H]3CCC(=O)O)c2c1. The fourth-order valence-corrected chi connectivity index (χ4v) is 6.28. The Kier molecular flexibility index (Phi) is 9.80. The number of rotatable bonds is 13. The molecule has 1 aliphatic rings. The van der Waals surface area contributed by atoms with Crippen molar-refractivity contribution in [2.24, 2.45) is 11.8 Å². The van der Waals surface area contributed by atoms with E-state index < -0.39 is 12.1 Å². The van der Waals surface area contributed by atoms with Crippen molar-refractivity contribution < 1.29 is 19.0 Å². The molecule has 3 heterocycles. The number of likely N-dealkylation sites (tertiary alicyclic amines) is 1. The van der Waals surface area contributed by atoms with Gasteiger partial charge in [0.25, 0.3) is 0 Å². The van der Waals surface area contributed by atoms with Crippen LogP contribution in [0.1, 0.15) is 56.0 Å². The molecule has 3 aromatic rings. The van der Waals surface area contributed by atoms with Crippen LogP contribution < -0.4 is 4.74 Å². The van der Waals surface area contributed by atoms with E-state index in [9.17, 15) is 9.90 Å². The zero-order valence-corrected chi connectivity index (χ0v) is 22.5. The van der Waals surface area contributed by atoms with E-state index in [1.165, 1.54) is 4.90 Å². The van der Waals surface area contributed by atoms with E-state index in [-0.39, 0.29) is 12.3 Å². The lowest BCUT2D eigenvalue weighted by atomic mass is 9.79. The van der Waals surface area contributed by atoms with Crippen LogP contribution in [0.2, 0.25) is 0 Å². The Bertz CT molecular complexity index is 1170. The van der Waals surface area contributed by atoms with Gasteiger partial charge in [0, 0.05) is 35.1 Å². The highest BCUT2D eigenvalue weighted by Crippen LogP contribution is 2.36. The summed E-state index contributed by atoms with van der Waals surface area (Å²) >= 11 is 1.82. The van der Waals surface area contributed by atoms with Gasteiger partial charge in [-0.3, -0.25) is 14.9 Å². The van der Waals surface area contributed by atoms with E-state index in [2.05, 4.69) is 20.1 Å². The Morgan fingerprint density at radius 3 is 2.95 bits per heavy atom. The zero-order valence-electron chi connectivity index (χ0n) is 21.7. The number of methoxy groups -OCH3 is 1. The summed E-state index contributed by atoms with van der Waals surface area (Å²) in [6.07, 6.45) is 6.47. The highest BCUT2D eigenvalue weighted by molar-refractivity contribution is 7.99. The summed E-state index contributed by atoms with van der Waals surface area (Å²) in [4.78, 5) is 19.3. The second-order valence-electron chi connectivity index (χ2n) is 9.93. The number of halogens is 1. The number of nitrogens with zero attached hydrogens (tertiary/aromatic N) is 3. The molecule has 0 amide bonds. The Morgan fingerprint density at radius 1 is 1.32 bits per heavy atom.